The molecule has 0 spiro atoms. The molecule has 1 aromatic carbocycles. The molecule has 1 aromatic rings. The van der Waals surface area contributed by atoms with Crippen LogP contribution in [0, 0.1) is 16.0 Å². The van der Waals surface area contributed by atoms with Gasteiger partial charge in [-0.05, 0) is 30.9 Å². The standard InChI is InChI=1S/C13H16Cl2N2O3/c1-9(8-14)3-2-6-16-13(18)11-7-10(15)4-5-12(11)17(19)20/h4-5,7,9H,2-3,6,8H2,1H3,(H,16,18). The van der Waals surface area contributed by atoms with Crippen LogP contribution in [0.4, 0.5) is 5.69 Å². The molecule has 0 aliphatic rings. The number of amides is 1. The molecule has 1 rings (SSSR count). The maximum atomic E-state index is 11.9. The van der Waals surface area contributed by atoms with Gasteiger partial charge in [-0.15, -0.1) is 11.6 Å². The second-order valence-electron chi connectivity index (χ2n) is 4.58. The van der Waals surface area contributed by atoms with Crippen molar-refractivity contribution in [2.45, 2.75) is 19.8 Å². The van der Waals surface area contributed by atoms with Crippen molar-refractivity contribution >= 4 is 34.8 Å². The molecule has 20 heavy (non-hydrogen) atoms. The highest BCUT2D eigenvalue weighted by Crippen LogP contribution is 2.22. The summed E-state index contributed by atoms with van der Waals surface area (Å²) in [6.07, 6.45) is 1.66. The highest BCUT2D eigenvalue weighted by Gasteiger charge is 2.20. The van der Waals surface area contributed by atoms with E-state index in [2.05, 4.69) is 5.32 Å². The van der Waals surface area contributed by atoms with E-state index in [4.69, 9.17) is 23.2 Å². The molecule has 0 bridgehead atoms. The molecule has 0 heterocycles. The van der Waals surface area contributed by atoms with E-state index in [9.17, 15) is 14.9 Å². The number of halogens is 2. The molecule has 0 radical (unpaired) electrons. The Morgan fingerprint density at radius 3 is 2.80 bits per heavy atom. The fourth-order valence-electron chi connectivity index (χ4n) is 1.67. The third kappa shape index (κ3) is 4.98. The number of nitrogens with one attached hydrogen (secondary N) is 1. The first-order valence-electron chi connectivity index (χ1n) is 6.23. The lowest BCUT2D eigenvalue weighted by molar-refractivity contribution is -0.385. The predicted octanol–water partition coefficient (Wildman–Crippen LogP) is 3.63. The lowest BCUT2D eigenvalue weighted by Crippen LogP contribution is -2.25. The number of benzene rings is 1. The zero-order valence-electron chi connectivity index (χ0n) is 11.1. The zero-order valence-corrected chi connectivity index (χ0v) is 12.6. The summed E-state index contributed by atoms with van der Waals surface area (Å²) in [5.41, 5.74) is -0.270. The molecule has 7 heteroatoms. The lowest BCUT2D eigenvalue weighted by Gasteiger charge is -2.08. The first kappa shape index (κ1) is 16.7. The Bertz CT molecular complexity index is 495. The number of nitro groups is 1. The zero-order chi connectivity index (χ0) is 15.1. The van der Waals surface area contributed by atoms with E-state index in [-0.39, 0.29) is 16.3 Å². The van der Waals surface area contributed by atoms with Crippen molar-refractivity contribution in [3.05, 3.63) is 38.9 Å². The van der Waals surface area contributed by atoms with Gasteiger partial charge in [-0.25, -0.2) is 0 Å². The van der Waals surface area contributed by atoms with Crippen LogP contribution >= 0.6 is 23.2 Å². The lowest BCUT2D eigenvalue weighted by atomic mass is 10.1. The van der Waals surface area contributed by atoms with Crippen molar-refractivity contribution in [1.29, 1.82) is 0 Å². The normalized spacial score (nSPS) is 11.9. The maximum absolute atomic E-state index is 11.9. The Morgan fingerprint density at radius 1 is 1.50 bits per heavy atom. The number of alkyl halides is 1. The molecule has 1 amide bonds. The number of rotatable bonds is 7. The van der Waals surface area contributed by atoms with Gasteiger partial charge >= 0.3 is 0 Å². The van der Waals surface area contributed by atoms with Crippen LogP contribution in [-0.2, 0) is 0 Å². The van der Waals surface area contributed by atoms with Gasteiger partial charge in [-0.3, -0.25) is 14.9 Å². The minimum Gasteiger partial charge on any atom is -0.352 e. The largest absolute Gasteiger partial charge is 0.352 e. The van der Waals surface area contributed by atoms with Crippen LogP contribution in [0.15, 0.2) is 18.2 Å². The number of hydrogen-bond acceptors (Lipinski definition) is 3. The fourth-order valence-corrected chi connectivity index (χ4v) is 2.00. The van der Waals surface area contributed by atoms with Crippen LogP contribution in [0.3, 0.4) is 0 Å². The van der Waals surface area contributed by atoms with E-state index >= 15 is 0 Å². The molecule has 0 aromatic heterocycles. The van der Waals surface area contributed by atoms with Crippen molar-refractivity contribution in [2.75, 3.05) is 12.4 Å². The Balaban J connectivity index is 2.63. The summed E-state index contributed by atoms with van der Waals surface area (Å²) in [7, 11) is 0. The molecule has 5 nitrogen and oxygen atoms in total. The number of hydrogen-bond donors (Lipinski definition) is 1. The summed E-state index contributed by atoms with van der Waals surface area (Å²) in [6.45, 7) is 2.47. The topological polar surface area (TPSA) is 72.2 Å². The average molecular weight is 319 g/mol. The van der Waals surface area contributed by atoms with Crippen LogP contribution in [-0.4, -0.2) is 23.3 Å². The van der Waals surface area contributed by atoms with Gasteiger partial charge in [0, 0.05) is 23.5 Å². The van der Waals surface area contributed by atoms with Crippen LogP contribution in [0.1, 0.15) is 30.1 Å². The Morgan fingerprint density at radius 2 is 2.20 bits per heavy atom. The van der Waals surface area contributed by atoms with E-state index in [1.54, 1.807) is 0 Å². The summed E-state index contributed by atoms with van der Waals surface area (Å²) in [4.78, 5) is 22.2. The number of nitro benzene ring substituents is 1. The summed E-state index contributed by atoms with van der Waals surface area (Å²) in [5, 5.41) is 13.8. The van der Waals surface area contributed by atoms with Crippen molar-refractivity contribution in [1.82, 2.24) is 5.32 Å². The van der Waals surface area contributed by atoms with Gasteiger partial charge in [0.05, 0.1) is 4.92 Å². The molecule has 0 aliphatic heterocycles. The Kier molecular flexibility index (Phi) is 6.75. The molecular weight excluding hydrogens is 303 g/mol. The molecule has 0 saturated heterocycles. The van der Waals surface area contributed by atoms with Crippen molar-refractivity contribution in [2.24, 2.45) is 5.92 Å². The highest BCUT2D eigenvalue weighted by molar-refractivity contribution is 6.31. The van der Waals surface area contributed by atoms with E-state index in [0.717, 1.165) is 12.8 Å². The Hall–Kier alpha value is -1.33. The number of carbonyl (C=O) groups is 1. The van der Waals surface area contributed by atoms with Gasteiger partial charge in [0.15, 0.2) is 0 Å². The first-order valence-corrected chi connectivity index (χ1v) is 7.15. The molecule has 1 atom stereocenters. The summed E-state index contributed by atoms with van der Waals surface area (Å²) in [6, 6.07) is 3.92. The first-order chi connectivity index (χ1) is 9.45. The van der Waals surface area contributed by atoms with E-state index in [0.29, 0.717) is 18.3 Å². The van der Waals surface area contributed by atoms with Crippen molar-refractivity contribution in [3.8, 4) is 0 Å². The van der Waals surface area contributed by atoms with Crippen LogP contribution in [0.5, 0.6) is 0 Å². The van der Waals surface area contributed by atoms with Crippen LogP contribution in [0.25, 0.3) is 0 Å². The van der Waals surface area contributed by atoms with Gasteiger partial charge in [-0.2, -0.15) is 0 Å². The monoisotopic (exact) mass is 318 g/mol. The van der Waals surface area contributed by atoms with Crippen LogP contribution < -0.4 is 5.32 Å². The average Bonchev–Trinajstić information content (AvgIpc) is 2.42. The second kappa shape index (κ2) is 8.07. The van der Waals surface area contributed by atoms with Gasteiger partial charge in [0.25, 0.3) is 11.6 Å². The van der Waals surface area contributed by atoms with E-state index < -0.39 is 10.8 Å². The summed E-state index contributed by atoms with van der Waals surface area (Å²) < 4.78 is 0. The minimum atomic E-state index is -0.596. The minimum absolute atomic E-state index is 0.0205. The number of nitrogens with zero attached hydrogens (tertiary/aromatic N) is 1. The summed E-state index contributed by atoms with van der Waals surface area (Å²) >= 11 is 11.5. The third-order valence-electron chi connectivity index (χ3n) is 2.82. The molecule has 0 fully saturated rings. The maximum Gasteiger partial charge on any atom is 0.282 e. The fraction of sp³-hybridized carbons (Fsp3) is 0.462. The van der Waals surface area contributed by atoms with E-state index in [1.165, 1.54) is 18.2 Å². The third-order valence-corrected chi connectivity index (χ3v) is 3.58. The van der Waals surface area contributed by atoms with Crippen molar-refractivity contribution in [3.63, 3.8) is 0 Å². The summed E-state index contributed by atoms with van der Waals surface area (Å²) in [5.74, 6) is 0.472. The SMILES string of the molecule is CC(CCl)CCCNC(=O)c1cc(Cl)ccc1[N+](=O)[O-]. The van der Waals surface area contributed by atoms with Gasteiger partial charge in [0.1, 0.15) is 5.56 Å². The second-order valence-corrected chi connectivity index (χ2v) is 5.32. The smallest absolute Gasteiger partial charge is 0.282 e. The molecule has 0 aliphatic carbocycles. The Labute approximate surface area is 127 Å². The molecule has 110 valence electrons. The predicted molar refractivity (Wildman–Crippen MR) is 79.6 cm³/mol. The highest BCUT2D eigenvalue weighted by atomic mass is 35.5. The molecule has 1 unspecified atom stereocenters. The number of carbonyl (C=O) groups excluding carboxylic acids is 1. The van der Waals surface area contributed by atoms with Gasteiger partial charge < -0.3 is 5.32 Å². The van der Waals surface area contributed by atoms with Gasteiger partial charge in [0.2, 0.25) is 0 Å². The molecule has 1 N–H and O–H groups in total. The molecule has 0 saturated carbocycles. The van der Waals surface area contributed by atoms with Crippen LogP contribution in [0.2, 0.25) is 5.02 Å². The van der Waals surface area contributed by atoms with E-state index in [1.807, 2.05) is 6.92 Å². The quantitative estimate of drug-likeness (QED) is 0.361. The molecular formula is C13H16Cl2N2O3. The van der Waals surface area contributed by atoms with Gasteiger partial charge in [-0.1, -0.05) is 18.5 Å². The van der Waals surface area contributed by atoms with Crippen molar-refractivity contribution < 1.29 is 9.72 Å².